The number of nitrogens with one attached hydrogen (secondary N) is 2. The molecule has 2 aromatic rings. The zero-order valence-corrected chi connectivity index (χ0v) is 15.7. The molecule has 1 aliphatic rings. The summed E-state index contributed by atoms with van der Waals surface area (Å²) in [5.74, 6) is -0.667. The van der Waals surface area contributed by atoms with Crippen LogP contribution < -0.4 is 10.6 Å². The Balaban J connectivity index is 1.65. The molecule has 146 valence electrons. The van der Waals surface area contributed by atoms with Gasteiger partial charge in [-0.25, -0.2) is 4.79 Å². The van der Waals surface area contributed by atoms with Gasteiger partial charge in [0, 0.05) is 19.0 Å². The van der Waals surface area contributed by atoms with Gasteiger partial charge >= 0.3 is 6.03 Å². The van der Waals surface area contributed by atoms with E-state index in [2.05, 4.69) is 10.6 Å². The molecule has 0 saturated carbocycles. The van der Waals surface area contributed by atoms with Crippen molar-refractivity contribution < 1.29 is 23.6 Å². The lowest BCUT2D eigenvalue weighted by atomic mass is 9.99. The van der Waals surface area contributed by atoms with E-state index in [1.54, 1.807) is 43.3 Å². The first-order valence-electron chi connectivity index (χ1n) is 8.86. The Bertz CT molecular complexity index is 904. The molecule has 0 radical (unpaired) electrons. The molecule has 8 nitrogen and oxygen atoms in total. The Labute approximate surface area is 161 Å². The Kier molecular flexibility index (Phi) is 5.30. The van der Waals surface area contributed by atoms with E-state index >= 15 is 0 Å². The summed E-state index contributed by atoms with van der Waals surface area (Å²) in [5.41, 5.74) is 0.0372. The third-order valence-electron chi connectivity index (χ3n) is 4.65. The van der Waals surface area contributed by atoms with Crippen molar-refractivity contribution in [3.05, 3.63) is 59.5 Å². The van der Waals surface area contributed by atoms with Crippen LogP contribution in [0.5, 0.6) is 0 Å². The Morgan fingerprint density at radius 3 is 2.50 bits per heavy atom. The Morgan fingerprint density at radius 1 is 1.18 bits per heavy atom. The molecule has 1 atom stereocenters. The summed E-state index contributed by atoms with van der Waals surface area (Å²) in [6.07, 6.45) is 2.06. The second-order valence-electron chi connectivity index (χ2n) is 6.78. The third-order valence-corrected chi connectivity index (χ3v) is 4.65. The number of Topliss-reactive ketones (excluding diaryl/α,β-unsaturated/α-hetero) is 1. The van der Waals surface area contributed by atoms with Crippen LogP contribution in [0.3, 0.4) is 0 Å². The van der Waals surface area contributed by atoms with E-state index in [0.29, 0.717) is 24.3 Å². The predicted octanol–water partition coefficient (Wildman–Crippen LogP) is 1.61. The molecular weight excluding hydrogens is 362 g/mol. The van der Waals surface area contributed by atoms with Crippen LogP contribution in [0.25, 0.3) is 0 Å². The van der Waals surface area contributed by atoms with Crippen LogP contribution >= 0.6 is 0 Å². The fraction of sp³-hybridized carbons (Fsp3) is 0.300. The SMILES string of the molecule is CC(=O)NCCc1ccc(C(=O)CN2C(=O)NC(C)(c3ccco3)C2=O)cc1. The highest BCUT2D eigenvalue weighted by Gasteiger charge is 2.51. The number of benzene rings is 1. The summed E-state index contributed by atoms with van der Waals surface area (Å²) in [5, 5.41) is 5.29. The fourth-order valence-corrected chi connectivity index (χ4v) is 3.05. The summed E-state index contributed by atoms with van der Waals surface area (Å²) >= 11 is 0. The first kappa shape index (κ1) is 19.3. The van der Waals surface area contributed by atoms with Gasteiger partial charge in [-0.3, -0.25) is 19.3 Å². The molecule has 3 rings (SSSR count). The van der Waals surface area contributed by atoms with Gasteiger partial charge in [0.1, 0.15) is 5.76 Å². The van der Waals surface area contributed by atoms with Crippen LogP contribution in [0.1, 0.15) is 35.5 Å². The van der Waals surface area contributed by atoms with Gasteiger partial charge in [0.25, 0.3) is 5.91 Å². The van der Waals surface area contributed by atoms with Crippen molar-refractivity contribution in [3.63, 3.8) is 0 Å². The summed E-state index contributed by atoms with van der Waals surface area (Å²) in [6, 6.07) is 9.46. The molecule has 2 N–H and O–H groups in total. The number of urea groups is 1. The highest BCUT2D eigenvalue weighted by molar-refractivity contribution is 6.11. The average molecular weight is 383 g/mol. The molecule has 0 bridgehead atoms. The van der Waals surface area contributed by atoms with E-state index < -0.39 is 17.5 Å². The second kappa shape index (κ2) is 7.67. The molecule has 1 aromatic heterocycles. The van der Waals surface area contributed by atoms with Crippen molar-refractivity contribution in [3.8, 4) is 0 Å². The lowest BCUT2D eigenvalue weighted by Gasteiger charge is -2.18. The van der Waals surface area contributed by atoms with Crippen molar-refractivity contribution in [2.24, 2.45) is 0 Å². The molecule has 8 heteroatoms. The zero-order chi connectivity index (χ0) is 20.3. The van der Waals surface area contributed by atoms with Gasteiger partial charge in [0.15, 0.2) is 11.3 Å². The molecule has 1 unspecified atom stereocenters. The second-order valence-corrected chi connectivity index (χ2v) is 6.78. The molecule has 1 aliphatic heterocycles. The maximum absolute atomic E-state index is 12.7. The van der Waals surface area contributed by atoms with Gasteiger partial charge in [-0.2, -0.15) is 0 Å². The smallest absolute Gasteiger partial charge is 0.325 e. The molecular formula is C20H21N3O5. The minimum absolute atomic E-state index is 0.0955. The van der Waals surface area contributed by atoms with Crippen LogP contribution in [-0.2, 0) is 21.5 Å². The van der Waals surface area contributed by atoms with Crippen molar-refractivity contribution in [2.75, 3.05) is 13.1 Å². The summed E-state index contributed by atoms with van der Waals surface area (Å²) < 4.78 is 5.26. The monoisotopic (exact) mass is 383 g/mol. The topological polar surface area (TPSA) is 109 Å². The normalized spacial score (nSPS) is 18.9. The van der Waals surface area contributed by atoms with E-state index in [1.165, 1.54) is 13.2 Å². The van der Waals surface area contributed by atoms with E-state index in [-0.39, 0.29) is 18.2 Å². The Morgan fingerprint density at radius 2 is 1.89 bits per heavy atom. The molecule has 1 aromatic carbocycles. The fourth-order valence-electron chi connectivity index (χ4n) is 3.05. The number of ketones is 1. The van der Waals surface area contributed by atoms with Crippen LogP contribution in [0.2, 0.25) is 0 Å². The number of carbonyl (C=O) groups is 4. The number of hydrogen-bond donors (Lipinski definition) is 2. The number of amides is 4. The number of rotatable bonds is 7. The van der Waals surface area contributed by atoms with E-state index in [4.69, 9.17) is 4.42 Å². The molecule has 1 fully saturated rings. The highest BCUT2D eigenvalue weighted by Crippen LogP contribution is 2.29. The number of hydrogen-bond acceptors (Lipinski definition) is 5. The first-order valence-corrected chi connectivity index (χ1v) is 8.86. The minimum Gasteiger partial charge on any atom is -0.466 e. The summed E-state index contributed by atoms with van der Waals surface area (Å²) in [7, 11) is 0. The van der Waals surface area contributed by atoms with Crippen molar-refractivity contribution in [1.82, 2.24) is 15.5 Å². The highest BCUT2D eigenvalue weighted by atomic mass is 16.3. The quantitative estimate of drug-likeness (QED) is 0.558. The van der Waals surface area contributed by atoms with Crippen molar-refractivity contribution in [1.29, 1.82) is 0 Å². The first-order chi connectivity index (χ1) is 13.3. The lowest BCUT2D eigenvalue weighted by molar-refractivity contribution is -0.131. The maximum Gasteiger partial charge on any atom is 0.325 e. The van der Waals surface area contributed by atoms with E-state index in [0.717, 1.165) is 10.5 Å². The molecule has 0 spiro atoms. The molecule has 1 saturated heterocycles. The van der Waals surface area contributed by atoms with Gasteiger partial charge < -0.3 is 15.1 Å². The predicted molar refractivity (Wildman–Crippen MR) is 99.5 cm³/mol. The molecule has 4 amide bonds. The average Bonchev–Trinajstić information content (AvgIpc) is 3.26. The molecule has 28 heavy (non-hydrogen) atoms. The van der Waals surface area contributed by atoms with Gasteiger partial charge in [0.05, 0.1) is 12.8 Å². The van der Waals surface area contributed by atoms with Crippen molar-refractivity contribution in [2.45, 2.75) is 25.8 Å². The van der Waals surface area contributed by atoms with Gasteiger partial charge in [-0.05, 0) is 31.0 Å². The van der Waals surface area contributed by atoms with Crippen LogP contribution in [-0.4, -0.2) is 41.6 Å². The lowest BCUT2D eigenvalue weighted by Crippen LogP contribution is -2.41. The zero-order valence-electron chi connectivity index (χ0n) is 15.7. The van der Waals surface area contributed by atoms with Gasteiger partial charge in [-0.1, -0.05) is 24.3 Å². The van der Waals surface area contributed by atoms with Crippen LogP contribution in [0.4, 0.5) is 4.79 Å². The van der Waals surface area contributed by atoms with E-state index in [1.807, 2.05) is 0 Å². The van der Waals surface area contributed by atoms with Crippen LogP contribution in [0.15, 0.2) is 47.1 Å². The number of carbonyl (C=O) groups excluding carboxylic acids is 4. The Hall–Kier alpha value is -3.42. The maximum atomic E-state index is 12.7. The number of nitrogens with zero attached hydrogens (tertiary/aromatic N) is 1. The van der Waals surface area contributed by atoms with Gasteiger partial charge in [0.2, 0.25) is 5.91 Å². The summed E-state index contributed by atoms with van der Waals surface area (Å²) in [6.45, 7) is 3.15. The van der Waals surface area contributed by atoms with Gasteiger partial charge in [-0.15, -0.1) is 0 Å². The van der Waals surface area contributed by atoms with Crippen molar-refractivity contribution >= 4 is 23.6 Å². The van der Waals surface area contributed by atoms with Crippen LogP contribution in [0, 0.1) is 0 Å². The number of imide groups is 1. The minimum atomic E-state index is -1.32. The number of furan rings is 1. The largest absolute Gasteiger partial charge is 0.466 e. The summed E-state index contributed by atoms with van der Waals surface area (Å²) in [4.78, 5) is 49.3. The molecule has 2 heterocycles. The molecule has 0 aliphatic carbocycles. The standard InChI is InChI=1S/C20H21N3O5/c1-13(24)21-10-9-14-5-7-15(8-6-14)16(25)12-23-18(26)20(2,22-19(23)27)17-4-3-11-28-17/h3-8,11H,9-10,12H2,1-2H3,(H,21,24)(H,22,27). The third kappa shape index (κ3) is 3.80. The van der Waals surface area contributed by atoms with E-state index in [9.17, 15) is 19.2 Å².